The number of nitrogens with one attached hydrogen (secondary N) is 1. The number of thiophene rings is 2. The Morgan fingerprint density at radius 1 is 0.559 bits per heavy atom. The summed E-state index contributed by atoms with van der Waals surface area (Å²) in [5.74, 6) is -0.105. The summed E-state index contributed by atoms with van der Waals surface area (Å²) in [6.07, 6.45) is 1.94. The molecule has 328 valence electrons. The standard InChI is InChI=1S/C18H25N3O6S4.C18H24N2O4S3.CH4/c1-29(22,23)21-10-8-20(9-11-21)12-13-30(24,25)16-3-5-17(6-4-16)31(26,27)18-7-2-15(14-19)28-18;1-2-15-3-8-18(25-15)27(23,24)17-6-4-16(5-7-17)26(21,22)14-13-20-11-9-19-10-12-20;/h2-7H,8-14,19H2,1H3;3-8,19H,2,9-14H2,1H3;1H4. The molecular formula is C37H53N5O10S7. The van der Waals surface area contributed by atoms with Crippen LogP contribution < -0.4 is 11.1 Å². The van der Waals surface area contributed by atoms with Gasteiger partial charge >= 0.3 is 0 Å². The van der Waals surface area contributed by atoms with Gasteiger partial charge in [0.1, 0.15) is 8.42 Å². The second-order valence-electron chi connectivity index (χ2n) is 13.7. The lowest BCUT2D eigenvalue weighted by atomic mass is 10.4. The fourth-order valence-corrected chi connectivity index (χ4v) is 14.9. The number of rotatable bonds is 15. The Morgan fingerprint density at radius 2 is 0.949 bits per heavy atom. The molecule has 2 aromatic heterocycles. The van der Waals surface area contributed by atoms with Gasteiger partial charge in [-0.15, -0.1) is 22.7 Å². The number of nitrogens with zero attached hydrogens (tertiary/aromatic N) is 3. The van der Waals surface area contributed by atoms with Gasteiger partial charge < -0.3 is 11.1 Å². The van der Waals surface area contributed by atoms with Crippen LogP contribution in [0.1, 0.15) is 24.1 Å². The van der Waals surface area contributed by atoms with Crippen molar-refractivity contribution in [1.82, 2.24) is 19.4 Å². The highest BCUT2D eigenvalue weighted by molar-refractivity contribution is 7.94. The molecule has 0 atom stereocenters. The lowest BCUT2D eigenvalue weighted by Gasteiger charge is -2.33. The van der Waals surface area contributed by atoms with Gasteiger partial charge in [-0.3, -0.25) is 9.80 Å². The molecule has 6 rings (SSSR count). The van der Waals surface area contributed by atoms with E-state index >= 15 is 0 Å². The number of nitrogens with two attached hydrogens (primary N) is 1. The molecule has 59 heavy (non-hydrogen) atoms. The zero-order valence-corrected chi connectivity index (χ0v) is 37.9. The van der Waals surface area contributed by atoms with Crippen molar-refractivity contribution in [1.29, 1.82) is 0 Å². The van der Waals surface area contributed by atoms with Gasteiger partial charge in [-0.05, 0) is 79.2 Å². The fraction of sp³-hybridized carbons (Fsp3) is 0.459. The smallest absolute Gasteiger partial charge is 0.215 e. The highest BCUT2D eigenvalue weighted by Crippen LogP contribution is 2.30. The SMILES string of the molecule is C.CCc1ccc(S(=O)(=O)c2ccc(S(=O)(=O)CCN3CCNCC3)cc2)s1.CS(=O)(=O)N1CCN(CCS(=O)(=O)c2ccc(S(=O)(=O)c3ccc(CN)s3)cc2)CC1. The summed E-state index contributed by atoms with van der Waals surface area (Å²) in [5, 5.41) is 3.24. The molecule has 0 spiro atoms. The van der Waals surface area contributed by atoms with E-state index in [2.05, 4.69) is 10.2 Å². The summed E-state index contributed by atoms with van der Waals surface area (Å²) in [7, 11) is -17.6. The second-order valence-corrected chi connectivity index (χ2v) is 26.6. The third-order valence-corrected chi connectivity index (χ3v) is 21.3. The minimum Gasteiger partial charge on any atom is -0.326 e. The summed E-state index contributed by atoms with van der Waals surface area (Å²) < 4.78 is 126. The Morgan fingerprint density at radius 3 is 1.32 bits per heavy atom. The zero-order valence-electron chi connectivity index (χ0n) is 32.2. The summed E-state index contributed by atoms with van der Waals surface area (Å²) in [6, 6.07) is 17.4. The zero-order chi connectivity index (χ0) is 42.4. The van der Waals surface area contributed by atoms with Crippen LogP contribution in [0.5, 0.6) is 0 Å². The number of piperazine rings is 2. The van der Waals surface area contributed by atoms with Gasteiger partial charge in [-0.2, -0.15) is 4.31 Å². The van der Waals surface area contributed by atoms with E-state index in [0.717, 1.165) is 59.9 Å². The summed E-state index contributed by atoms with van der Waals surface area (Å²) in [4.78, 5) is 6.13. The number of sulfone groups is 4. The lowest BCUT2D eigenvalue weighted by Crippen LogP contribution is -2.49. The van der Waals surface area contributed by atoms with Crippen LogP contribution in [0.2, 0.25) is 0 Å². The van der Waals surface area contributed by atoms with Crippen LogP contribution in [0, 0.1) is 0 Å². The maximum absolute atomic E-state index is 12.7. The van der Waals surface area contributed by atoms with E-state index in [1.165, 1.54) is 70.2 Å². The first-order valence-corrected chi connectivity index (χ1v) is 28.2. The molecule has 4 heterocycles. The highest BCUT2D eigenvalue weighted by atomic mass is 32.2. The average Bonchev–Trinajstić information content (AvgIpc) is 3.92. The largest absolute Gasteiger partial charge is 0.326 e. The van der Waals surface area contributed by atoms with E-state index < -0.39 is 49.4 Å². The van der Waals surface area contributed by atoms with Crippen molar-refractivity contribution in [3.63, 3.8) is 0 Å². The Kier molecular flexibility index (Phi) is 17.0. The van der Waals surface area contributed by atoms with Crippen LogP contribution in [-0.2, 0) is 62.3 Å². The van der Waals surface area contributed by atoms with Crippen molar-refractivity contribution in [3.05, 3.63) is 82.6 Å². The minimum absolute atomic E-state index is 0. The van der Waals surface area contributed by atoms with Crippen molar-refractivity contribution < 1.29 is 42.1 Å². The molecule has 22 heteroatoms. The first-order chi connectivity index (χ1) is 27.3. The molecular weight excluding hydrogens is 899 g/mol. The number of sulfonamides is 1. The number of aryl methyl sites for hydroxylation is 1. The Hall–Kier alpha value is -2.61. The molecule has 2 aromatic carbocycles. The predicted octanol–water partition coefficient (Wildman–Crippen LogP) is 2.85. The van der Waals surface area contributed by atoms with Crippen LogP contribution in [-0.4, -0.2) is 139 Å². The number of benzene rings is 2. The summed E-state index contributed by atoms with van der Waals surface area (Å²) >= 11 is 2.34. The van der Waals surface area contributed by atoms with Crippen LogP contribution in [0.15, 0.2) is 101 Å². The van der Waals surface area contributed by atoms with Crippen LogP contribution in [0.4, 0.5) is 0 Å². The van der Waals surface area contributed by atoms with E-state index in [1.807, 2.05) is 17.9 Å². The van der Waals surface area contributed by atoms with Gasteiger partial charge in [0.15, 0.2) is 19.7 Å². The Bertz CT molecular complexity index is 2560. The highest BCUT2D eigenvalue weighted by Gasteiger charge is 2.26. The molecule has 0 bridgehead atoms. The van der Waals surface area contributed by atoms with Gasteiger partial charge in [0.2, 0.25) is 29.7 Å². The van der Waals surface area contributed by atoms with Gasteiger partial charge in [0.25, 0.3) is 0 Å². The van der Waals surface area contributed by atoms with Gasteiger partial charge in [-0.1, -0.05) is 14.4 Å². The monoisotopic (exact) mass is 951 g/mol. The van der Waals surface area contributed by atoms with E-state index in [9.17, 15) is 42.1 Å². The normalized spacial score (nSPS) is 16.5. The van der Waals surface area contributed by atoms with Crippen LogP contribution in [0.3, 0.4) is 0 Å². The van der Waals surface area contributed by atoms with Crippen molar-refractivity contribution in [3.8, 4) is 0 Å². The second kappa shape index (κ2) is 20.5. The van der Waals surface area contributed by atoms with Gasteiger partial charge in [0.05, 0.1) is 37.3 Å². The lowest BCUT2D eigenvalue weighted by molar-refractivity contribution is 0.197. The quantitative estimate of drug-likeness (QED) is 0.175. The maximum Gasteiger partial charge on any atom is 0.215 e. The molecule has 4 aromatic rings. The van der Waals surface area contributed by atoms with E-state index in [-0.39, 0.29) is 60.0 Å². The Labute approximate surface area is 358 Å². The molecule has 2 saturated heterocycles. The molecule has 3 N–H and O–H groups in total. The average molecular weight is 952 g/mol. The first-order valence-electron chi connectivity index (χ1n) is 18.4. The number of hydrogen-bond acceptors (Lipinski definition) is 16. The minimum atomic E-state index is -3.73. The molecule has 0 amide bonds. The van der Waals surface area contributed by atoms with Crippen molar-refractivity contribution in [2.75, 3.05) is 83.2 Å². The molecule has 0 radical (unpaired) electrons. The van der Waals surface area contributed by atoms with Crippen LogP contribution in [0.25, 0.3) is 0 Å². The maximum atomic E-state index is 12.7. The topological polar surface area (TPSA) is 218 Å². The van der Waals surface area contributed by atoms with Gasteiger partial charge in [0, 0.05) is 81.7 Å². The summed E-state index contributed by atoms with van der Waals surface area (Å²) in [6.45, 7) is 8.00. The van der Waals surface area contributed by atoms with Crippen LogP contribution >= 0.6 is 22.7 Å². The van der Waals surface area contributed by atoms with Crippen molar-refractivity contribution >= 4 is 72.0 Å². The van der Waals surface area contributed by atoms with E-state index in [1.54, 1.807) is 12.1 Å². The molecule has 2 aliphatic heterocycles. The van der Waals surface area contributed by atoms with Crippen molar-refractivity contribution in [2.45, 2.75) is 55.3 Å². The molecule has 2 aliphatic rings. The van der Waals surface area contributed by atoms with Crippen molar-refractivity contribution in [2.24, 2.45) is 5.73 Å². The molecule has 0 unspecified atom stereocenters. The number of hydrogen-bond donors (Lipinski definition) is 2. The molecule has 0 aliphatic carbocycles. The summed E-state index contributed by atoms with van der Waals surface area (Å²) in [5.41, 5.74) is 5.54. The first kappa shape index (κ1) is 49.0. The molecule has 0 saturated carbocycles. The van der Waals surface area contributed by atoms with E-state index in [4.69, 9.17) is 5.73 Å². The van der Waals surface area contributed by atoms with Gasteiger partial charge in [-0.25, -0.2) is 42.1 Å². The molecule has 15 nitrogen and oxygen atoms in total. The third kappa shape index (κ3) is 12.7. The molecule has 2 fully saturated rings. The predicted molar refractivity (Wildman–Crippen MR) is 233 cm³/mol. The third-order valence-electron chi connectivity index (χ3n) is 9.70. The Balaban J connectivity index is 0.000000259. The van der Waals surface area contributed by atoms with E-state index in [0.29, 0.717) is 32.7 Å². The fourth-order valence-electron chi connectivity index (χ4n) is 6.14.